The maximum absolute atomic E-state index is 12.9. The Morgan fingerprint density at radius 3 is 2.54 bits per heavy atom. The van der Waals surface area contributed by atoms with Crippen LogP contribution in [-0.2, 0) is 17.6 Å². The summed E-state index contributed by atoms with van der Waals surface area (Å²) in [6.45, 7) is 2.37. The average molecular weight is 369 g/mol. The molecule has 1 aliphatic heterocycles. The molecule has 2 aromatic rings. The topological polar surface area (TPSA) is 61.4 Å². The number of amides is 2. The maximum atomic E-state index is 12.9. The molecule has 6 heteroatoms. The molecule has 0 unspecified atom stereocenters. The number of rotatable bonds is 5. The molecule has 0 atom stereocenters. The van der Waals surface area contributed by atoms with Crippen LogP contribution < -0.4 is 10.6 Å². The van der Waals surface area contributed by atoms with E-state index in [1.807, 2.05) is 30.3 Å². The van der Waals surface area contributed by atoms with E-state index in [2.05, 4.69) is 15.5 Å². The molecule has 2 N–H and O–H groups in total. The van der Waals surface area contributed by atoms with Crippen LogP contribution in [0.3, 0.4) is 0 Å². The van der Waals surface area contributed by atoms with Crippen LogP contribution in [-0.4, -0.2) is 36.3 Å². The molecule has 136 valence electrons. The van der Waals surface area contributed by atoms with Crippen molar-refractivity contribution in [2.75, 3.05) is 30.3 Å². The molecule has 2 amide bonds. The van der Waals surface area contributed by atoms with Crippen LogP contribution in [0.5, 0.6) is 0 Å². The van der Waals surface area contributed by atoms with Gasteiger partial charge in [0, 0.05) is 10.6 Å². The first-order valence-corrected chi connectivity index (χ1v) is 10.1. The monoisotopic (exact) mass is 369 g/mol. The van der Waals surface area contributed by atoms with Crippen LogP contribution >= 0.6 is 11.3 Å². The van der Waals surface area contributed by atoms with Crippen LogP contribution in [0.25, 0.3) is 0 Å². The molecule has 1 aromatic heterocycles. The molecule has 1 aliphatic carbocycles. The van der Waals surface area contributed by atoms with Crippen LogP contribution in [0.1, 0.15) is 40.1 Å². The van der Waals surface area contributed by atoms with Gasteiger partial charge in [-0.2, -0.15) is 0 Å². The van der Waals surface area contributed by atoms with Crippen molar-refractivity contribution in [1.29, 1.82) is 0 Å². The summed E-state index contributed by atoms with van der Waals surface area (Å²) in [6, 6.07) is 9.45. The first-order valence-electron chi connectivity index (χ1n) is 9.24. The maximum Gasteiger partial charge on any atom is 0.258 e. The number of benzene rings is 1. The molecule has 0 saturated carbocycles. The highest BCUT2D eigenvalue weighted by Gasteiger charge is 2.28. The molecule has 5 nitrogen and oxygen atoms in total. The quantitative estimate of drug-likeness (QED) is 0.848. The third kappa shape index (κ3) is 3.66. The predicted octanol–water partition coefficient (Wildman–Crippen LogP) is 3.52. The molecule has 1 fully saturated rings. The lowest BCUT2D eigenvalue weighted by molar-refractivity contribution is -0.117. The lowest BCUT2D eigenvalue weighted by atomic mass is 10.1. The van der Waals surface area contributed by atoms with Crippen LogP contribution in [0.2, 0.25) is 0 Å². The summed E-state index contributed by atoms with van der Waals surface area (Å²) in [5, 5.41) is 6.68. The normalized spacial score (nSPS) is 16.5. The van der Waals surface area contributed by atoms with E-state index in [0.717, 1.165) is 56.4 Å². The minimum atomic E-state index is -0.132. The minimum Gasteiger partial charge on any atom is -0.322 e. The van der Waals surface area contributed by atoms with Crippen molar-refractivity contribution in [2.45, 2.75) is 32.1 Å². The van der Waals surface area contributed by atoms with Gasteiger partial charge in [0.1, 0.15) is 5.00 Å². The summed E-state index contributed by atoms with van der Waals surface area (Å²) in [6.07, 6.45) is 5.30. The van der Waals surface area contributed by atoms with Gasteiger partial charge >= 0.3 is 0 Å². The second-order valence-corrected chi connectivity index (χ2v) is 8.02. The van der Waals surface area contributed by atoms with E-state index < -0.39 is 0 Å². The molecular weight excluding hydrogens is 346 g/mol. The minimum absolute atomic E-state index is 0.0272. The van der Waals surface area contributed by atoms with E-state index in [-0.39, 0.29) is 11.8 Å². The lowest BCUT2D eigenvalue weighted by Gasteiger charge is -2.14. The molecule has 1 aromatic carbocycles. The van der Waals surface area contributed by atoms with Gasteiger partial charge in [0.25, 0.3) is 5.91 Å². The number of fused-ring (bicyclic) bond motifs is 1. The zero-order valence-electron chi connectivity index (χ0n) is 14.7. The molecular formula is C20H23N3O2S. The highest BCUT2D eigenvalue weighted by molar-refractivity contribution is 7.17. The van der Waals surface area contributed by atoms with Crippen molar-refractivity contribution in [2.24, 2.45) is 0 Å². The van der Waals surface area contributed by atoms with Crippen LogP contribution in [0.4, 0.5) is 10.7 Å². The summed E-state index contributed by atoms with van der Waals surface area (Å²) in [5.74, 6) is -0.160. The van der Waals surface area contributed by atoms with E-state index in [4.69, 9.17) is 0 Å². The summed E-state index contributed by atoms with van der Waals surface area (Å²) in [4.78, 5) is 28.8. The Kier molecular flexibility index (Phi) is 5.04. The average Bonchev–Trinajstić information content (AvgIpc) is 3.33. The molecule has 4 rings (SSSR count). The van der Waals surface area contributed by atoms with E-state index in [0.29, 0.717) is 17.1 Å². The summed E-state index contributed by atoms with van der Waals surface area (Å²) in [5.41, 5.74) is 2.53. The van der Waals surface area contributed by atoms with E-state index >= 15 is 0 Å². The number of carbonyl (C=O) groups excluding carboxylic acids is 2. The smallest absolute Gasteiger partial charge is 0.258 e. The van der Waals surface area contributed by atoms with Gasteiger partial charge in [0.05, 0.1) is 12.1 Å². The highest BCUT2D eigenvalue weighted by Crippen LogP contribution is 2.39. The first kappa shape index (κ1) is 17.2. The largest absolute Gasteiger partial charge is 0.322 e. The van der Waals surface area contributed by atoms with Crippen molar-refractivity contribution in [1.82, 2.24) is 4.90 Å². The van der Waals surface area contributed by atoms with E-state index in [9.17, 15) is 9.59 Å². The fourth-order valence-electron chi connectivity index (χ4n) is 3.76. The molecule has 26 heavy (non-hydrogen) atoms. The fraction of sp³-hybridized carbons (Fsp3) is 0.400. The van der Waals surface area contributed by atoms with Gasteiger partial charge in [-0.05, 0) is 62.9 Å². The standard InChI is InChI=1S/C20H23N3O2S/c24-17(13-23-11-4-5-12-23)22-20-18(15-9-6-10-16(15)26-20)19(25)21-14-7-2-1-3-8-14/h1-3,7-8H,4-6,9-13H2,(H,21,25)(H,22,24). The SMILES string of the molecule is O=C(CN1CCCC1)Nc1sc2c(c1C(=O)Nc1ccccc1)CCC2. The molecule has 2 heterocycles. The molecule has 0 radical (unpaired) electrons. The Morgan fingerprint density at radius 2 is 1.77 bits per heavy atom. The van der Waals surface area contributed by atoms with Crippen molar-refractivity contribution in [3.8, 4) is 0 Å². The number of likely N-dealkylation sites (tertiary alicyclic amines) is 1. The number of anilines is 2. The van der Waals surface area contributed by atoms with Gasteiger partial charge in [-0.15, -0.1) is 11.3 Å². The predicted molar refractivity (Wildman–Crippen MR) is 105 cm³/mol. The van der Waals surface area contributed by atoms with E-state index in [1.165, 1.54) is 4.88 Å². The zero-order valence-corrected chi connectivity index (χ0v) is 15.5. The van der Waals surface area contributed by atoms with Crippen molar-refractivity contribution in [3.63, 3.8) is 0 Å². The summed E-state index contributed by atoms with van der Waals surface area (Å²) >= 11 is 1.56. The number of nitrogens with zero attached hydrogens (tertiary/aromatic N) is 1. The molecule has 0 spiro atoms. The summed E-state index contributed by atoms with van der Waals surface area (Å²) < 4.78 is 0. The Hall–Kier alpha value is -2.18. The Morgan fingerprint density at radius 1 is 1.00 bits per heavy atom. The summed E-state index contributed by atoms with van der Waals surface area (Å²) in [7, 11) is 0. The zero-order chi connectivity index (χ0) is 17.9. The van der Waals surface area contributed by atoms with Crippen molar-refractivity contribution < 1.29 is 9.59 Å². The third-order valence-corrected chi connectivity index (χ3v) is 6.21. The van der Waals surface area contributed by atoms with Crippen molar-refractivity contribution >= 4 is 33.8 Å². The van der Waals surface area contributed by atoms with Crippen LogP contribution in [0, 0.1) is 0 Å². The Bertz CT molecular complexity index is 810. The Balaban J connectivity index is 1.53. The number of hydrogen-bond acceptors (Lipinski definition) is 4. The number of thiophene rings is 1. The number of nitrogens with one attached hydrogen (secondary N) is 2. The van der Waals surface area contributed by atoms with Gasteiger partial charge < -0.3 is 10.6 Å². The number of para-hydroxylation sites is 1. The molecule has 0 bridgehead atoms. The first-order chi connectivity index (χ1) is 12.7. The second-order valence-electron chi connectivity index (χ2n) is 6.91. The number of carbonyl (C=O) groups is 2. The lowest BCUT2D eigenvalue weighted by Crippen LogP contribution is -2.31. The van der Waals surface area contributed by atoms with Gasteiger partial charge in [0.15, 0.2) is 0 Å². The third-order valence-electron chi connectivity index (χ3n) is 5.00. The van der Waals surface area contributed by atoms with Gasteiger partial charge in [-0.3, -0.25) is 14.5 Å². The number of hydrogen-bond donors (Lipinski definition) is 2. The van der Waals surface area contributed by atoms with Gasteiger partial charge in [-0.1, -0.05) is 18.2 Å². The molecule has 1 saturated heterocycles. The van der Waals surface area contributed by atoms with Crippen LogP contribution in [0.15, 0.2) is 30.3 Å². The van der Waals surface area contributed by atoms with E-state index in [1.54, 1.807) is 11.3 Å². The molecule has 2 aliphatic rings. The number of aryl methyl sites for hydroxylation is 1. The highest BCUT2D eigenvalue weighted by atomic mass is 32.1. The second kappa shape index (κ2) is 7.60. The van der Waals surface area contributed by atoms with Gasteiger partial charge in [0.2, 0.25) is 5.91 Å². The Labute approximate surface area is 157 Å². The van der Waals surface area contributed by atoms with Crippen molar-refractivity contribution in [3.05, 3.63) is 46.3 Å². The van der Waals surface area contributed by atoms with Gasteiger partial charge in [-0.25, -0.2) is 0 Å². The fourth-order valence-corrected chi connectivity index (χ4v) is 5.06.